The minimum atomic E-state index is 0. The molecule has 0 bridgehead atoms. The average molecular weight is 267 g/mol. The van der Waals surface area contributed by atoms with E-state index in [1.54, 1.807) is 7.11 Å². The number of hydrogen-bond donors (Lipinski definition) is 1. The first-order valence-electron chi connectivity index (χ1n) is 5.75. The van der Waals surface area contributed by atoms with Crippen molar-refractivity contribution < 1.29 is 14.3 Å². The van der Waals surface area contributed by atoms with E-state index < -0.39 is 0 Å². The molecule has 0 aromatic rings. The number of likely N-dealkylation sites (tertiary alicyclic amines) is 1. The van der Waals surface area contributed by atoms with Gasteiger partial charge in [0.2, 0.25) is 5.91 Å². The molecule has 1 aliphatic rings. The zero-order valence-corrected chi connectivity index (χ0v) is 11.4. The molecule has 17 heavy (non-hydrogen) atoms. The van der Waals surface area contributed by atoms with Crippen LogP contribution in [0, 0.1) is 5.92 Å². The molecule has 1 amide bonds. The molecule has 2 unspecified atom stereocenters. The number of nitrogens with zero attached hydrogens (tertiary/aromatic N) is 1. The van der Waals surface area contributed by atoms with Crippen LogP contribution in [0.4, 0.5) is 0 Å². The van der Waals surface area contributed by atoms with Gasteiger partial charge in [0.05, 0.1) is 13.2 Å². The van der Waals surface area contributed by atoms with Gasteiger partial charge in [-0.2, -0.15) is 0 Å². The van der Waals surface area contributed by atoms with E-state index in [0.717, 1.165) is 19.5 Å². The molecule has 0 radical (unpaired) electrons. The minimum absolute atomic E-state index is 0. The highest BCUT2D eigenvalue weighted by atomic mass is 35.5. The number of methoxy groups -OCH3 is 1. The van der Waals surface area contributed by atoms with Crippen LogP contribution in [0.25, 0.3) is 0 Å². The van der Waals surface area contributed by atoms with Gasteiger partial charge in [-0.25, -0.2) is 0 Å². The number of halogens is 1. The number of carbonyl (C=O) groups is 1. The third kappa shape index (κ3) is 5.68. The summed E-state index contributed by atoms with van der Waals surface area (Å²) in [6, 6.07) is 0.159. The van der Waals surface area contributed by atoms with Crippen molar-refractivity contribution in [1.29, 1.82) is 0 Å². The molecule has 1 heterocycles. The normalized spacial score (nSPS) is 21.1. The second-order valence-corrected chi connectivity index (χ2v) is 4.29. The van der Waals surface area contributed by atoms with Gasteiger partial charge in [0.25, 0.3) is 0 Å². The largest absolute Gasteiger partial charge is 0.382 e. The Bertz CT molecular complexity index is 227. The Kier molecular flexibility index (Phi) is 8.51. The zero-order chi connectivity index (χ0) is 12.0. The van der Waals surface area contributed by atoms with Crippen molar-refractivity contribution >= 4 is 18.3 Å². The fourth-order valence-corrected chi connectivity index (χ4v) is 1.84. The van der Waals surface area contributed by atoms with E-state index >= 15 is 0 Å². The second kappa shape index (κ2) is 8.69. The van der Waals surface area contributed by atoms with E-state index in [1.165, 1.54) is 0 Å². The number of amides is 1. The Labute approximate surface area is 109 Å². The lowest BCUT2D eigenvalue weighted by Crippen LogP contribution is -2.35. The average Bonchev–Trinajstić information content (AvgIpc) is 2.73. The maximum absolute atomic E-state index is 11.7. The van der Waals surface area contributed by atoms with Gasteiger partial charge < -0.3 is 20.1 Å². The summed E-state index contributed by atoms with van der Waals surface area (Å²) in [7, 11) is 1.61. The molecule has 0 aliphatic carbocycles. The summed E-state index contributed by atoms with van der Waals surface area (Å²) in [4.78, 5) is 13.5. The van der Waals surface area contributed by atoms with Crippen LogP contribution >= 0.6 is 12.4 Å². The lowest BCUT2D eigenvalue weighted by molar-refractivity contribution is -0.135. The Balaban J connectivity index is 0.00000256. The van der Waals surface area contributed by atoms with Crippen LogP contribution in [0.1, 0.15) is 13.3 Å². The maximum atomic E-state index is 11.7. The first-order chi connectivity index (χ1) is 7.65. The quantitative estimate of drug-likeness (QED) is 0.701. The molecule has 0 aromatic carbocycles. The molecule has 1 saturated heterocycles. The predicted octanol–water partition coefficient (Wildman–Crippen LogP) is 0.267. The van der Waals surface area contributed by atoms with Crippen LogP contribution in [0.15, 0.2) is 0 Å². The molecule has 1 fully saturated rings. The smallest absolute Gasteiger partial charge is 0.248 e. The van der Waals surface area contributed by atoms with E-state index in [4.69, 9.17) is 15.2 Å². The Morgan fingerprint density at radius 3 is 2.76 bits per heavy atom. The van der Waals surface area contributed by atoms with Crippen molar-refractivity contribution in [3.63, 3.8) is 0 Å². The lowest BCUT2D eigenvalue weighted by atomic mass is 10.0. The molecule has 1 rings (SSSR count). The molecular formula is C11H23ClN2O3. The van der Waals surface area contributed by atoms with E-state index in [9.17, 15) is 4.79 Å². The van der Waals surface area contributed by atoms with Crippen LogP contribution in [-0.4, -0.2) is 56.9 Å². The first-order valence-corrected chi connectivity index (χ1v) is 5.75. The lowest BCUT2D eigenvalue weighted by Gasteiger charge is -2.18. The zero-order valence-electron chi connectivity index (χ0n) is 10.6. The fraction of sp³-hybridized carbons (Fsp3) is 0.909. The first kappa shape index (κ1) is 16.6. The summed E-state index contributed by atoms with van der Waals surface area (Å²) >= 11 is 0. The van der Waals surface area contributed by atoms with Crippen molar-refractivity contribution in [1.82, 2.24) is 4.90 Å². The molecular weight excluding hydrogens is 244 g/mol. The molecule has 6 heteroatoms. The van der Waals surface area contributed by atoms with Crippen LogP contribution in [-0.2, 0) is 14.3 Å². The highest BCUT2D eigenvalue weighted by molar-refractivity contribution is 5.85. The number of ether oxygens (including phenoxy) is 2. The van der Waals surface area contributed by atoms with Gasteiger partial charge in [-0.1, -0.05) is 0 Å². The van der Waals surface area contributed by atoms with Crippen LogP contribution in [0.3, 0.4) is 0 Å². The minimum Gasteiger partial charge on any atom is -0.382 e. The van der Waals surface area contributed by atoms with Gasteiger partial charge >= 0.3 is 0 Å². The van der Waals surface area contributed by atoms with Crippen molar-refractivity contribution in [2.45, 2.75) is 19.4 Å². The van der Waals surface area contributed by atoms with Crippen molar-refractivity contribution in [2.75, 3.05) is 40.0 Å². The topological polar surface area (TPSA) is 64.8 Å². The summed E-state index contributed by atoms with van der Waals surface area (Å²) in [5.74, 6) is 0.488. The third-order valence-corrected chi connectivity index (χ3v) is 2.98. The molecule has 0 saturated carbocycles. The van der Waals surface area contributed by atoms with E-state index in [0.29, 0.717) is 19.1 Å². The summed E-state index contributed by atoms with van der Waals surface area (Å²) in [5.41, 5.74) is 5.81. The molecule has 5 nitrogen and oxygen atoms in total. The van der Waals surface area contributed by atoms with Gasteiger partial charge in [-0.15, -0.1) is 12.4 Å². The predicted molar refractivity (Wildman–Crippen MR) is 68.3 cm³/mol. The number of nitrogens with two attached hydrogens (primary N) is 1. The summed E-state index contributed by atoms with van der Waals surface area (Å²) < 4.78 is 10.0. The Hall–Kier alpha value is -0.360. The van der Waals surface area contributed by atoms with Crippen LogP contribution in [0.5, 0.6) is 0 Å². The van der Waals surface area contributed by atoms with Crippen LogP contribution in [0.2, 0.25) is 0 Å². The van der Waals surface area contributed by atoms with Gasteiger partial charge in [0.1, 0.15) is 6.61 Å². The third-order valence-electron chi connectivity index (χ3n) is 2.98. The number of rotatable bonds is 6. The molecule has 0 aromatic heterocycles. The monoisotopic (exact) mass is 266 g/mol. The van der Waals surface area contributed by atoms with Gasteiger partial charge in [-0.05, 0) is 19.3 Å². The van der Waals surface area contributed by atoms with E-state index in [1.807, 2.05) is 11.8 Å². The fourth-order valence-electron chi connectivity index (χ4n) is 1.84. The number of carbonyl (C=O) groups excluding carboxylic acids is 1. The van der Waals surface area contributed by atoms with Crippen LogP contribution < -0.4 is 5.73 Å². The second-order valence-electron chi connectivity index (χ2n) is 4.29. The van der Waals surface area contributed by atoms with Crippen molar-refractivity contribution in [3.05, 3.63) is 0 Å². The standard InChI is InChI=1S/C11H22N2O3.ClH/c1-9(12)10-3-4-13(7-10)11(14)8-16-6-5-15-2;/h9-10H,3-8,12H2,1-2H3;1H. The molecule has 2 atom stereocenters. The molecule has 0 spiro atoms. The van der Waals surface area contributed by atoms with E-state index in [-0.39, 0.29) is 31.0 Å². The summed E-state index contributed by atoms with van der Waals surface area (Å²) in [6.45, 7) is 4.70. The highest BCUT2D eigenvalue weighted by Crippen LogP contribution is 2.18. The Morgan fingerprint density at radius 2 is 2.24 bits per heavy atom. The van der Waals surface area contributed by atoms with Crippen molar-refractivity contribution in [3.8, 4) is 0 Å². The van der Waals surface area contributed by atoms with Gasteiger partial charge in [0, 0.05) is 26.2 Å². The highest BCUT2D eigenvalue weighted by Gasteiger charge is 2.28. The number of hydrogen-bond acceptors (Lipinski definition) is 4. The van der Waals surface area contributed by atoms with Crippen molar-refractivity contribution in [2.24, 2.45) is 11.7 Å². The summed E-state index contributed by atoms with van der Waals surface area (Å²) in [5, 5.41) is 0. The maximum Gasteiger partial charge on any atom is 0.248 e. The Morgan fingerprint density at radius 1 is 1.53 bits per heavy atom. The van der Waals surface area contributed by atoms with Gasteiger partial charge in [-0.3, -0.25) is 4.79 Å². The van der Waals surface area contributed by atoms with E-state index in [2.05, 4.69) is 0 Å². The summed E-state index contributed by atoms with van der Waals surface area (Å²) in [6.07, 6.45) is 1.00. The SMILES string of the molecule is COCCOCC(=O)N1CCC(C(C)N)C1.Cl. The molecule has 2 N–H and O–H groups in total. The molecule has 102 valence electrons. The molecule has 1 aliphatic heterocycles. The van der Waals surface area contributed by atoms with Gasteiger partial charge in [0.15, 0.2) is 0 Å².